The molecule has 1 aliphatic rings. The third-order valence-electron chi connectivity index (χ3n) is 5.39. The molecule has 1 saturated carbocycles. The molecule has 0 radical (unpaired) electrons. The second-order valence-corrected chi connectivity index (χ2v) is 8.10. The second kappa shape index (κ2) is 8.70. The first-order chi connectivity index (χ1) is 12.9. The Labute approximate surface area is 165 Å². The summed E-state index contributed by atoms with van der Waals surface area (Å²) in [6.07, 6.45) is 2.17. The standard InChI is InChI=1S/C22H27ClFNO2/c1-25(2)14-17-13-19(27-15-16-7-9-18(24)10-8-16)11-12-22(17,26)20-5-3-4-6-21(20)23/h3-10,17,19,26H,11-15H2,1-2H3. The predicted octanol–water partition coefficient (Wildman–Crippen LogP) is 4.61. The van der Waals surface area contributed by atoms with E-state index in [0.29, 0.717) is 18.1 Å². The van der Waals surface area contributed by atoms with E-state index in [0.717, 1.165) is 30.5 Å². The van der Waals surface area contributed by atoms with Crippen LogP contribution in [0.1, 0.15) is 30.4 Å². The van der Waals surface area contributed by atoms with Crippen molar-refractivity contribution in [3.8, 4) is 0 Å². The molecule has 0 saturated heterocycles. The van der Waals surface area contributed by atoms with Gasteiger partial charge in [-0.25, -0.2) is 4.39 Å². The maximum Gasteiger partial charge on any atom is 0.123 e. The van der Waals surface area contributed by atoms with Gasteiger partial charge in [-0.2, -0.15) is 0 Å². The van der Waals surface area contributed by atoms with E-state index in [4.69, 9.17) is 16.3 Å². The summed E-state index contributed by atoms with van der Waals surface area (Å²) >= 11 is 6.40. The summed E-state index contributed by atoms with van der Waals surface area (Å²) in [7, 11) is 4.02. The molecule has 1 fully saturated rings. The Morgan fingerprint density at radius 1 is 1.19 bits per heavy atom. The minimum Gasteiger partial charge on any atom is -0.385 e. The van der Waals surface area contributed by atoms with E-state index >= 15 is 0 Å². The zero-order chi connectivity index (χ0) is 19.4. The van der Waals surface area contributed by atoms with Gasteiger partial charge in [-0.1, -0.05) is 41.9 Å². The predicted molar refractivity (Wildman–Crippen MR) is 106 cm³/mol. The first kappa shape index (κ1) is 20.3. The maximum atomic E-state index is 13.0. The highest BCUT2D eigenvalue weighted by Gasteiger charge is 2.44. The van der Waals surface area contributed by atoms with Gasteiger partial charge in [0.25, 0.3) is 0 Å². The van der Waals surface area contributed by atoms with E-state index in [-0.39, 0.29) is 17.8 Å². The summed E-state index contributed by atoms with van der Waals surface area (Å²) in [5.41, 5.74) is 0.793. The molecular weight excluding hydrogens is 365 g/mol. The molecule has 0 spiro atoms. The van der Waals surface area contributed by atoms with Gasteiger partial charge in [0.05, 0.1) is 18.3 Å². The normalized spacial score (nSPS) is 25.7. The molecule has 2 aromatic carbocycles. The molecule has 3 nitrogen and oxygen atoms in total. The highest BCUT2D eigenvalue weighted by atomic mass is 35.5. The van der Waals surface area contributed by atoms with Crippen LogP contribution in [0.5, 0.6) is 0 Å². The molecule has 3 rings (SSSR count). The smallest absolute Gasteiger partial charge is 0.123 e. The Kier molecular flexibility index (Phi) is 6.53. The molecule has 3 atom stereocenters. The third kappa shape index (κ3) is 4.88. The van der Waals surface area contributed by atoms with Crippen LogP contribution in [0.15, 0.2) is 48.5 Å². The minimum atomic E-state index is -0.960. The molecular formula is C22H27ClFNO2. The molecule has 27 heavy (non-hydrogen) atoms. The van der Waals surface area contributed by atoms with Gasteiger partial charge in [0, 0.05) is 23.0 Å². The Morgan fingerprint density at radius 2 is 1.89 bits per heavy atom. The number of rotatable bonds is 6. The van der Waals surface area contributed by atoms with E-state index in [1.54, 1.807) is 12.1 Å². The quantitative estimate of drug-likeness (QED) is 0.780. The minimum absolute atomic E-state index is 0.0133. The van der Waals surface area contributed by atoms with Crippen LogP contribution in [0.3, 0.4) is 0 Å². The first-order valence-electron chi connectivity index (χ1n) is 9.36. The van der Waals surface area contributed by atoms with Gasteiger partial charge in [-0.15, -0.1) is 0 Å². The summed E-state index contributed by atoms with van der Waals surface area (Å²) in [6, 6.07) is 13.9. The molecule has 0 heterocycles. The van der Waals surface area contributed by atoms with Crippen molar-refractivity contribution in [3.63, 3.8) is 0 Å². The highest BCUT2D eigenvalue weighted by Crippen LogP contribution is 2.45. The summed E-state index contributed by atoms with van der Waals surface area (Å²) in [4.78, 5) is 2.09. The van der Waals surface area contributed by atoms with Gasteiger partial charge in [0.2, 0.25) is 0 Å². The van der Waals surface area contributed by atoms with Crippen molar-refractivity contribution >= 4 is 11.6 Å². The van der Waals surface area contributed by atoms with Gasteiger partial charge < -0.3 is 14.7 Å². The molecule has 0 bridgehead atoms. The number of nitrogens with zero attached hydrogens (tertiary/aromatic N) is 1. The fraction of sp³-hybridized carbons (Fsp3) is 0.455. The number of ether oxygens (including phenoxy) is 1. The van der Waals surface area contributed by atoms with Crippen LogP contribution in [0.4, 0.5) is 4.39 Å². The highest BCUT2D eigenvalue weighted by molar-refractivity contribution is 6.31. The van der Waals surface area contributed by atoms with Crippen LogP contribution in [0.2, 0.25) is 5.02 Å². The average molecular weight is 392 g/mol. The van der Waals surface area contributed by atoms with E-state index < -0.39 is 5.60 Å². The Balaban J connectivity index is 1.72. The number of hydrogen-bond donors (Lipinski definition) is 1. The summed E-state index contributed by atoms with van der Waals surface area (Å²) in [6.45, 7) is 1.20. The summed E-state index contributed by atoms with van der Waals surface area (Å²) < 4.78 is 19.1. The van der Waals surface area contributed by atoms with Gasteiger partial charge in [0.15, 0.2) is 0 Å². The van der Waals surface area contributed by atoms with Gasteiger partial charge in [-0.3, -0.25) is 0 Å². The topological polar surface area (TPSA) is 32.7 Å². The van der Waals surface area contributed by atoms with E-state index in [9.17, 15) is 9.50 Å². The Bertz CT molecular complexity index is 752. The lowest BCUT2D eigenvalue weighted by atomic mass is 9.70. The van der Waals surface area contributed by atoms with E-state index in [2.05, 4.69) is 4.90 Å². The Morgan fingerprint density at radius 3 is 2.56 bits per heavy atom. The van der Waals surface area contributed by atoms with Gasteiger partial charge in [0.1, 0.15) is 5.82 Å². The second-order valence-electron chi connectivity index (χ2n) is 7.70. The summed E-state index contributed by atoms with van der Waals surface area (Å²) in [5.74, 6) is -0.230. The molecule has 146 valence electrons. The van der Waals surface area contributed by atoms with Gasteiger partial charge in [-0.05, 0) is 57.1 Å². The van der Waals surface area contributed by atoms with Crippen molar-refractivity contribution in [2.24, 2.45) is 5.92 Å². The SMILES string of the molecule is CN(C)CC1CC(OCc2ccc(F)cc2)CCC1(O)c1ccccc1Cl. The third-order valence-corrected chi connectivity index (χ3v) is 5.72. The zero-order valence-corrected chi connectivity index (χ0v) is 16.6. The van der Waals surface area contributed by atoms with Gasteiger partial charge >= 0.3 is 0 Å². The Hall–Kier alpha value is -1.46. The number of benzene rings is 2. The fourth-order valence-electron chi connectivity index (χ4n) is 3.99. The van der Waals surface area contributed by atoms with Crippen LogP contribution in [-0.4, -0.2) is 36.8 Å². The average Bonchev–Trinajstić information content (AvgIpc) is 2.63. The molecule has 0 amide bonds. The van der Waals surface area contributed by atoms with Crippen molar-refractivity contribution in [3.05, 3.63) is 70.5 Å². The molecule has 1 N–H and O–H groups in total. The molecule has 0 aliphatic heterocycles. The number of hydrogen-bond acceptors (Lipinski definition) is 3. The molecule has 2 aromatic rings. The molecule has 5 heteroatoms. The van der Waals surface area contributed by atoms with Crippen LogP contribution in [0, 0.1) is 11.7 Å². The first-order valence-corrected chi connectivity index (χ1v) is 9.74. The van der Waals surface area contributed by atoms with Crippen molar-refractivity contribution in [1.29, 1.82) is 0 Å². The van der Waals surface area contributed by atoms with Crippen LogP contribution >= 0.6 is 11.6 Å². The zero-order valence-electron chi connectivity index (χ0n) is 15.9. The van der Waals surface area contributed by atoms with Crippen molar-refractivity contribution in [2.45, 2.75) is 37.6 Å². The fourth-order valence-corrected chi connectivity index (χ4v) is 4.29. The van der Waals surface area contributed by atoms with Crippen molar-refractivity contribution in [1.82, 2.24) is 4.90 Å². The van der Waals surface area contributed by atoms with E-state index in [1.807, 2.05) is 38.4 Å². The number of halogens is 2. The lowest BCUT2D eigenvalue weighted by molar-refractivity contribution is -0.110. The van der Waals surface area contributed by atoms with E-state index in [1.165, 1.54) is 12.1 Å². The lowest BCUT2D eigenvalue weighted by Gasteiger charge is -2.44. The summed E-state index contributed by atoms with van der Waals surface area (Å²) in [5, 5.41) is 12.2. The molecule has 1 aliphatic carbocycles. The van der Waals surface area contributed by atoms with Crippen LogP contribution in [0.25, 0.3) is 0 Å². The molecule has 3 unspecified atom stereocenters. The van der Waals surface area contributed by atoms with Crippen LogP contribution in [-0.2, 0) is 16.9 Å². The largest absolute Gasteiger partial charge is 0.385 e. The monoisotopic (exact) mass is 391 g/mol. The lowest BCUT2D eigenvalue weighted by Crippen LogP contribution is -2.47. The van der Waals surface area contributed by atoms with Crippen molar-refractivity contribution in [2.75, 3.05) is 20.6 Å². The molecule has 0 aromatic heterocycles. The van der Waals surface area contributed by atoms with Crippen LogP contribution < -0.4 is 0 Å². The van der Waals surface area contributed by atoms with Crippen molar-refractivity contribution < 1.29 is 14.2 Å². The maximum absolute atomic E-state index is 13.0. The number of aliphatic hydroxyl groups is 1.